The van der Waals surface area contributed by atoms with Gasteiger partial charge >= 0.3 is 0 Å². The van der Waals surface area contributed by atoms with Gasteiger partial charge in [-0.05, 0) is 13.8 Å². The number of methoxy groups -OCH3 is 1. The number of ketones is 1. The zero-order valence-corrected chi connectivity index (χ0v) is 8.29. The number of nitrogens with zero attached hydrogens (tertiary/aromatic N) is 1. The molecule has 0 aliphatic carbocycles. The largest absolute Gasteiger partial charge is 0.382 e. The van der Waals surface area contributed by atoms with E-state index in [2.05, 4.69) is 0 Å². The van der Waals surface area contributed by atoms with Crippen molar-refractivity contribution in [2.24, 2.45) is 0 Å². The maximum atomic E-state index is 11.4. The Morgan fingerprint density at radius 1 is 1.46 bits per heavy atom. The molecule has 0 aromatic heterocycles. The molecular weight excluding hydrogens is 170 g/mol. The van der Waals surface area contributed by atoms with Gasteiger partial charge in [-0.25, -0.2) is 0 Å². The molecule has 0 spiro atoms. The minimum atomic E-state index is -0.377. The molecule has 1 fully saturated rings. The Labute approximate surface area is 77.8 Å². The molecule has 0 aromatic rings. The second-order valence-corrected chi connectivity index (χ2v) is 3.94. The van der Waals surface area contributed by atoms with Gasteiger partial charge in [0.15, 0.2) is 5.78 Å². The summed E-state index contributed by atoms with van der Waals surface area (Å²) in [5.41, 5.74) is -0.377. The van der Waals surface area contributed by atoms with Crippen LogP contribution in [0.2, 0.25) is 0 Å². The average molecular weight is 185 g/mol. The summed E-state index contributed by atoms with van der Waals surface area (Å²) in [6.45, 7) is 4.47. The van der Waals surface area contributed by atoms with E-state index < -0.39 is 0 Å². The molecule has 4 heteroatoms. The van der Waals surface area contributed by atoms with Crippen LogP contribution in [0.25, 0.3) is 0 Å². The summed E-state index contributed by atoms with van der Waals surface area (Å²) < 4.78 is 5.00. The van der Waals surface area contributed by atoms with E-state index in [0.29, 0.717) is 6.61 Å². The normalized spacial score (nSPS) is 18.5. The van der Waals surface area contributed by atoms with E-state index >= 15 is 0 Å². The number of rotatable bonds is 3. The molecule has 74 valence electrons. The van der Waals surface area contributed by atoms with Crippen molar-refractivity contribution in [3.8, 4) is 0 Å². The zero-order valence-electron chi connectivity index (χ0n) is 8.29. The Balaban J connectivity index is 2.71. The lowest BCUT2D eigenvalue weighted by Crippen LogP contribution is -2.48. The Bertz CT molecular complexity index is 235. The van der Waals surface area contributed by atoms with Crippen molar-refractivity contribution in [3.63, 3.8) is 0 Å². The summed E-state index contributed by atoms with van der Waals surface area (Å²) in [5.74, 6) is -0.0961. The summed E-state index contributed by atoms with van der Waals surface area (Å²) in [7, 11) is 1.59. The van der Waals surface area contributed by atoms with Crippen molar-refractivity contribution in [3.05, 3.63) is 0 Å². The molecular formula is C9H15NO3. The van der Waals surface area contributed by atoms with Crippen LogP contribution in [0.4, 0.5) is 0 Å². The molecule has 0 unspecified atom stereocenters. The smallest absolute Gasteiger partial charge is 0.231 e. The number of amides is 1. The number of Topliss-reactive ketones (excluding diaryl/α,β-unsaturated/α-hetero) is 1. The quantitative estimate of drug-likeness (QED) is 0.591. The van der Waals surface area contributed by atoms with Crippen LogP contribution >= 0.6 is 0 Å². The Morgan fingerprint density at radius 3 is 2.46 bits per heavy atom. The van der Waals surface area contributed by atoms with Gasteiger partial charge in [0.1, 0.15) is 0 Å². The fourth-order valence-electron chi connectivity index (χ4n) is 1.57. The summed E-state index contributed by atoms with van der Waals surface area (Å²) in [6, 6.07) is 0. The van der Waals surface area contributed by atoms with Crippen molar-refractivity contribution >= 4 is 11.7 Å². The second kappa shape index (κ2) is 3.46. The van der Waals surface area contributed by atoms with Gasteiger partial charge in [0, 0.05) is 7.11 Å². The zero-order chi connectivity index (χ0) is 10.1. The fourth-order valence-corrected chi connectivity index (χ4v) is 1.57. The van der Waals surface area contributed by atoms with Gasteiger partial charge in [-0.1, -0.05) is 0 Å². The van der Waals surface area contributed by atoms with Gasteiger partial charge in [-0.15, -0.1) is 0 Å². The van der Waals surface area contributed by atoms with Crippen molar-refractivity contribution in [2.45, 2.75) is 25.8 Å². The molecule has 1 heterocycles. The van der Waals surface area contributed by atoms with Gasteiger partial charge in [-0.3, -0.25) is 9.59 Å². The van der Waals surface area contributed by atoms with E-state index in [-0.39, 0.29) is 30.2 Å². The van der Waals surface area contributed by atoms with Crippen molar-refractivity contribution < 1.29 is 14.3 Å². The van der Waals surface area contributed by atoms with Gasteiger partial charge < -0.3 is 9.64 Å². The van der Waals surface area contributed by atoms with Crippen LogP contribution in [0.5, 0.6) is 0 Å². The van der Waals surface area contributed by atoms with Gasteiger partial charge in [0.05, 0.1) is 25.1 Å². The molecule has 1 rings (SSSR count). The lowest BCUT2D eigenvalue weighted by molar-refractivity contribution is -0.133. The third kappa shape index (κ3) is 2.06. The van der Waals surface area contributed by atoms with Crippen molar-refractivity contribution in [2.75, 3.05) is 20.3 Å². The topological polar surface area (TPSA) is 46.6 Å². The fraction of sp³-hybridized carbons (Fsp3) is 0.778. The first-order valence-corrected chi connectivity index (χ1v) is 4.28. The minimum Gasteiger partial charge on any atom is -0.382 e. The Kier molecular flexibility index (Phi) is 2.71. The summed E-state index contributed by atoms with van der Waals surface area (Å²) in [5, 5.41) is 0. The first-order chi connectivity index (χ1) is 5.97. The first kappa shape index (κ1) is 10.2. The lowest BCUT2D eigenvalue weighted by atomic mass is 10.1. The molecule has 1 saturated heterocycles. The summed E-state index contributed by atoms with van der Waals surface area (Å²) >= 11 is 0. The molecule has 13 heavy (non-hydrogen) atoms. The molecule has 1 aliphatic heterocycles. The molecule has 0 N–H and O–H groups in total. The van der Waals surface area contributed by atoms with Gasteiger partial charge in [0.2, 0.25) is 5.91 Å². The highest BCUT2D eigenvalue weighted by atomic mass is 16.5. The highest BCUT2D eigenvalue weighted by Crippen LogP contribution is 2.20. The van der Waals surface area contributed by atoms with Gasteiger partial charge in [0.25, 0.3) is 0 Å². The lowest BCUT2D eigenvalue weighted by Gasteiger charge is -2.34. The molecule has 1 amide bonds. The predicted octanol–water partition coefficient (Wildman–Crippen LogP) is 0.213. The number of carbonyl (C=O) groups is 2. The Morgan fingerprint density at radius 2 is 2.08 bits per heavy atom. The highest BCUT2D eigenvalue weighted by molar-refractivity contribution is 6.05. The molecule has 0 radical (unpaired) electrons. The van der Waals surface area contributed by atoms with Crippen LogP contribution in [0.1, 0.15) is 20.3 Å². The van der Waals surface area contributed by atoms with E-state index in [1.54, 1.807) is 12.0 Å². The second-order valence-electron chi connectivity index (χ2n) is 3.94. The van der Waals surface area contributed by atoms with E-state index in [1.807, 2.05) is 13.8 Å². The van der Waals surface area contributed by atoms with E-state index in [1.165, 1.54) is 0 Å². The van der Waals surface area contributed by atoms with Crippen LogP contribution in [-0.4, -0.2) is 42.4 Å². The predicted molar refractivity (Wildman–Crippen MR) is 47.3 cm³/mol. The monoisotopic (exact) mass is 185 g/mol. The standard InChI is InChI=1S/C9H15NO3/c1-9(2,6-13-3)10-5-7(11)4-8(10)12/h4-6H2,1-3H3. The molecule has 0 aromatic carbocycles. The van der Waals surface area contributed by atoms with E-state index in [0.717, 1.165) is 0 Å². The van der Waals surface area contributed by atoms with Crippen LogP contribution in [0, 0.1) is 0 Å². The third-order valence-corrected chi connectivity index (χ3v) is 2.21. The number of ether oxygens (including phenoxy) is 1. The molecule has 0 saturated carbocycles. The maximum Gasteiger partial charge on any atom is 0.231 e. The van der Waals surface area contributed by atoms with Crippen molar-refractivity contribution in [1.82, 2.24) is 4.90 Å². The third-order valence-electron chi connectivity index (χ3n) is 2.21. The highest BCUT2D eigenvalue weighted by Gasteiger charge is 2.37. The van der Waals surface area contributed by atoms with Crippen LogP contribution in [0.15, 0.2) is 0 Å². The SMILES string of the molecule is COCC(C)(C)N1CC(=O)CC1=O. The first-order valence-electron chi connectivity index (χ1n) is 4.28. The maximum absolute atomic E-state index is 11.4. The van der Waals surface area contributed by atoms with E-state index in [9.17, 15) is 9.59 Å². The van der Waals surface area contributed by atoms with Gasteiger partial charge in [-0.2, -0.15) is 0 Å². The van der Waals surface area contributed by atoms with Crippen LogP contribution in [0.3, 0.4) is 0 Å². The number of hydrogen-bond donors (Lipinski definition) is 0. The van der Waals surface area contributed by atoms with Crippen LogP contribution < -0.4 is 0 Å². The number of carbonyl (C=O) groups excluding carboxylic acids is 2. The molecule has 0 bridgehead atoms. The summed E-state index contributed by atoms with van der Waals surface area (Å²) in [4.78, 5) is 23.9. The number of likely N-dealkylation sites (tertiary alicyclic amines) is 1. The Hall–Kier alpha value is -0.900. The van der Waals surface area contributed by atoms with Crippen molar-refractivity contribution in [1.29, 1.82) is 0 Å². The van der Waals surface area contributed by atoms with Crippen LogP contribution in [-0.2, 0) is 14.3 Å². The molecule has 0 atom stereocenters. The minimum absolute atomic E-state index is 0.00539. The number of hydrogen-bond acceptors (Lipinski definition) is 3. The average Bonchev–Trinajstić information content (AvgIpc) is 2.30. The molecule has 1 aliphatic rings. The van der Waals surface area contributed by atoms with E-state index in [4.69, 9.17) is 4.74 Å². The molecule has 4 nitrogen and oxygen atoms in total. The summed E-state index contributed by atoms with van der Waals surface area (Å²) in [6.07, 6.45) is 0.0488.